The molecule has 1 rings (SSSR count). The zero-order chi connectivity index (χ0) is 9.68. The van der Waals surface area contributed by atoms with E-state index in [4.69, 9.17) is 5.73 Å². The largest absolute Gasteiger partial charge is 0.328 e. The van der Waals surface area contributed by atoms with Crippen LogP contribution in [0.25, 0.3) is 0 Å². The Balaban J connectivity index is 2.19. The molecule has 0 bridgehead atoms. The molecule has 2 heteroatoms. The Morgan fingerprint density at radius 2 is 2.00 bits per heavy atom. The van der Waals surface area contributed by atoms with Crippen LogP contribution < -0.4 is 5.73 Å². The number of rotatable bonds is 4. The lowest BCUT2D eigenvalue weighted by atomic mass is 10.0. The van der Waals surface area contributed by atoms with Crippen LogP contribution in [0.3, 0.4) is 0 Å². The summed E-state index contributed by atoms with van der Waals surface area (Å²) in [6, 6.07) is 1.24. The van der Waals surface area contributed by atoms with Crippen molar-refractivity contribution in [2.24, 2.45) is 5.73 Å². The topological polar surface area (TPSA) is 29.3 Å². The number of hydrogen-bond acceptors (Lipinski definition) is 2. The molecule has 1 saturated heterocycles. The van der Waals surface area contributed by atoms with Crippen molar-refractivity contribution < 1.29 is 0 Å². The van der Waals surface area contributed by atoms with Crippen LogP contribution >= 0.6 is 0 Å². The Bertz CT molecular complexity index is 128. The van der Waals surface area contributed by atoms with Gasteiger partial charge in [0.2, 0.25) is 0 Å². The normalized spacial score (nSPS) is 23.3. The van der Waals surface area contributed by atoms with E-state index in [0.29, 0.717) is 6.04 Å². The fourth-order valence-electron chi connectivity index (χ4n) is 2.04. The van der Waals surface area contributed by atoms with Crippen molar-refractivity contribution in [3.05, 3.63) is 0 Å². The Kier molecular flexibility index (Phi) is 4.74. The molecular formula is C11H24N2. The number of nitrogens with two attached hydrogens (primary N) is 1. The van der Waals surface area contributed by atoms with Crippen LogP contribution in [0.2, 0.25) is 0 Å². The second kappa shape index (κ2) is 5.61. The maximum atomic E-state index is 5.87. The van der Waals surface area contributed by atoms with Crippen LogP contribution in [0.15, 0.2) is 0 Å². The number of hydrogen-bond donors (Lipinski definition) is 1. The molecule has 2 N–H and O–H groups in total. The molecule has 0 aliphatic carbocycles. The Labute approximate surface area is 82.5 Å². The second-order valence-electron chi connectivity index (χ2n) is 4.36. The van der Waals surface area contributed by atoms with E-state index in [9.17, 15) is 0 Å². The fraction of sp³-hybridized carbons (Fsp3) is 1.00. The molecule has 0 amide bonds. The van der Waals surface area contributed by atoms with Gasteiger partial charge in [0.15, 0.2) is 0 Å². The van der Waals surface area contributed by atoms with E-state index in [-0.39, 0.29) is 0 Å². The molecule has 0 aromatic heterocycles. The molecule has 0 spiro atoms. The van der Waals surface area contributed by atoms with Gasteiger partial charge in [0, 0.05) is 12.1 Å². The van der Waals surface area contributed by atoms with Crippen LogP contribution in [0.5, 0.6) is 0 Å². The summed E-state index contributed by atoms with van der Waals surface area (Å²) in [5, 5.41) is 0. The lowest BCUT2D eigenvalue weighted by molar-refractivity contribution is 0.154. The smallest absolute Gasteiger partial charge is 0.00669 e. The van der Waals surface area contributed by atoms with Crippen LogP contribution in [0, 0.1) is 0 Å². The highest BCUT2D eigenvalue weighted by atomic mass is 15.2. The molecule has 78 valence electrons. The van der Waals surface area contributed by atoms with Gasteiger partial charge < -0.3 is 10.6 Å². The average Bonchev–Trinajstić information content (AvgIpc) is 2.15. The summed E-state index contributed by atoms with van der Waals surface area (Å²) >= 11 is 0. The van der Waals surface area contributed by atoms with E-state index in [1.807, 2.05) is 0 Å². The Morgan fingerprint density at radius 3 is 2.54 bits per heavy atom. The third kappa shape index (κ3) is 3.65. The molecule has 1 heterocycles. The fourth-order valence-corrected chi connectivity index (χ4v) is 2.04. The summed E-state index contributed by atoms with van der Waals surface area (Å²) in [4.78, 5) is 2.60. The van der Waals surface area contributed by atoms with Crippen molar-refractivity contribution in [1.29, 1.82) is 0 Å². The summed E-state index contributed by atoms with van der Waals surface area (Å²) in [7, 11) is 0. The number of unbranched alkanes of at least 4 members (excludes halogenated alkanes) is 1. The first-order valence-electron chi connectivity index (χ1n) is 5.73. The van der Waals surface area contributed by atoms with E-state index in [1.165, 1.54) is 45.2 Å². The quantitative estimate of drug-likeness (QED) is 0.724. The molecule has 0 aromatic rings. The third-order valence-corrected chi connectivity index (χ3v) is 3.17. The molecule has 0 saturated carbocycles. The van der Waals surface area contributed by atoms with Crippen LogP contribution in [-0.2, 0) is 0 Å². The summed E-state index contributed by atoms with van der Waals surface area (Å²) in [5.74, 6) is 0. The number of likely N-dealkylation sites (tertiary alicyclic amines) is 1. The van der Waals surface area contributed by atoms with Crippen LogP contribution in [0.1, 0.15) is 46.0 Å². The van der Waals surface area contributed by atoms with Gasteiger partial charge in [0.05, 0.1) is 0 Å². The highest BCUT2D eigenvalue weighted by Gasteiger charge is 2.19. The molecule has 1 atom stereocenters. The molecule has 1 fully saturated rings. The molecule has 0 radical (unpaired) electrons. The van der Waals surface area contributed by atoms with Crippen LogP contribution in [0.4, 0.5) is 0 Å². The summed E-state index contributed by atoms with van der Waals surface area (Å²) in [6.45, 7) is 7.05. The van der Waals surface area contributed by atoms with E-state index < -0.39 is 0 Å². The molecule has 13 heavy (non-hydrogen) atoms. The Morgan fingerprint density at radius 1 is 1.38 bits per heavy atom. The van der Waals surface area contributed by atoms with Crippen molar-refractivity contribution in [2.45, 2.75) is 58.0 Å². The van der Waals surface area contributed by atoms with Crippen molar-refractivity contribution in [3.8, 4) is 0 Å². The first-order chi connectivity index (χ1) is 6.24. The monoisotopic (exact) mass is 184 g/mol. The van der Waals surface area contributed by atoms with Gasteiger partial charge in [-0.15, -0.1) is 0 Å². The van der Waals surface area contributed by atoms with E-state index in [1.54, 1.807) is 0 Å². The first kappa shape index (κ1) is 11.0. The lowest BCUT2D eigenvalue weighted by Crippen LogP contribution is -2.43. The molecule has 1 aliphatic rings. The standard InChI is InChI=1S/C11H24N2/c1-3-4-5-10(2)13-8-6-11(12)7-9-13/h10-11H,3-9,12H2,1-2H3. The van der Waals surface area contributed by atoms with Gasteiger partial charge in [-0.1, -0.05) is 19.8 Å². The summed E-state index contributed by atoms with van der Waals surface area (Å²) in [5.41, 5.74) is 5.87. The number of nitrogens with zero attached hydrogens (tertiary/aromatic N) is 1. The second-order valence-corrected chi connectivity index (χ2v) is 4.36. The van der Waals surface area contributed by atoms with Gasteiger partial charge in [-0.3, -0.25) is 0 Å². The van der Waals surface area contributed by atoms with Gasteiger partial charge in [-0.2, -0.15) is 0 Å². The molecule has 1 unspecified atom stereocenters. The minimum absolute atomic E-state index is 0.467. The number of piperidine rings is 1. The molecule has 0 aromatic carbocycles. The van der Waals surface area contributed by atoms with Crippen molar-refractivity contribution in [1.82, 2.24) is 4.90 Å². The summed E-state index contributed by atoms with van der Waals surface area (Å²) in [6.07, 6.45) is 6.42. The average molecular weight is 184 g/mol. The predicted molar refractivity (Wildman–Crippen MR) is 57.8 cm³/mol. The van der Waals surface area contributed by atoms with Gasteiger partial charge >= 0.3 is 0 Å². The van der Waals surface area contributed by atoms with Gasteiger partial charge in [-0.25, -0.2) is 0 Å². The lowest BCUT2D eigenvalue weighted by Gasteiger charge is -2.34. The predicted octanol–water partition coefficient (Wildman–Crippen LogP) is 1.99. The minimum atomic E-state index is 0.467. The van der Waals surface area contributed by atoms with Crippen LogP contribution in [-0.4, -0.2) is 30.1 Å². The van der Waals surface area contributed by atoms with Gasteiger partial charge in [0.1, 0.15) is 0 Å². The van der Waals surface area contributed by atoms with E-state index in [2.05, 4.69) is 18.7 Å². The zero-order valence-corrected chi connectivity index (χ0v) is 9.13. The first-order valence-corrected chi connectivity index (χ1v) is 5.73. The van der Waals surface area contributed by atoms with Crippen molar-refractivity contribution >= 4 is 0 Å². The zero-order valence-electron chi connectivity index (χ0n) is 9.13. The molecule has 1 aliphatic heterocycles. The van der Waals surface area contributed by atoms with Crippen molar-refractivity contribution in [2.75, 3.05) is 13.1 Å². The van der Waals surface area contributed by atoms with E-state index in [0.717, 1.165) is 6.04 Å². The third-order valence-electron chi connectivity index (χ3n) is 3.17. The Hall–Kier alpha value is -0.0800. The summed E-state index contributed by atoms with van der Waals surface area (Å²) < 4.78 is 0. The molecular weight excluding hydrogens is 160 g/mol. The highest BCUT2D eigenvalue weighted by molar-refractivity contribution is 4.77. The SMILES string of the molecule is CCCCC(C)N1CCC(N)CC1. The van der Waals surface area contributed by atoms with Crippen molar-refractivity contribution in [3.63, 3.8) is 0 Å². The minimum Gasteiger partial charge on any atom is -0.328 e. The maximum Gasteiger partial charge on any atom is 0.00669 e. The maximum absolute atomic E-state index is 5.87. The van der Waals surface area contributed by atoms with E-state index >= 15 is 0 Å². The van der Waals surface area contributed by atoms with Gasteiger partial charge in [-0.05, 0) is 39.3 Å². The highest BCUT2D eigenvalue weighted by Crippen LogP contribution is 2.15. The van der Waals surface area contributed by atoms with Gasteiger partial charge in [0.25, 0.3) is 0 Å². The molecule has 2 nitrogen and oxygen atoms in total.